The zero-order valence-corrected chi connectivity index (χ0v) is 15.2. The first-order chi connectivity index (χ1) is 11.4. The molecule has 0 fully saturated rings. The highest BCUT2D eigenvalue weighted by molar-refractivity contribution is 6.34. The van der Waals surface area contributed by atoms with Gasteiger partial charge in [-0.25, -0.2) is 4.98 Å². The van der Waals surface area contributed by atoms with E-state index in [1.807, 2.05) is 32.9 Å². The number of fused-ring (bicyclic) bond motifs is 1. The Morgan fingerprint density at radius 3 is 2.67 bits per heavy atom. The van der Waals surface area contributed by atoms with Crippen LogP contribution in [0, 0.1) is 13.8 Å². The van der Waals surface area contributed by atoms with Crippen LogP contribution < -0.4 is 5.32 Å². The minimum Gasteiger partial charge on any atom is -0.319 e. The number of benzene rings is 1. The van der Waals surface area contributed by atoms with E-state index < -0.39 is 0 Å². The molecule has 1 aromatic carbocycles. The van der Waals surface area contributed by atoms with E-state index >= 15 is 0 Å². The van der Waals surface area contributed by atoms with Gasteiger partial charge < -0.3 is 5.32 Å². The number of pyridine rings is 1. The molecule has 0 saturated carbocycles. The number of hydrogen-bond acceptors (Lipinski definition) is 2. The maximum Gasteiger partial charge on any atom is 0.274 e. The van der Waals surface area contributed by atoms with Gasteiger partial charge in [0.15, 0.2) is 0 Å². The lowest BCUT2D eigenvalue weighted by molar-refractivity contribution is 0.102. The third-order valence-electron chi connectivity index (χ3n) is 3.88. The molecule has 0 aliphatic rings. The molecule has 0 unspecified atom stereocenters. The molecule has 2 aromatic heterocycles. The monoisotopic (exact) mass is 361 g/mol. The Balaban J connectivity index is 2.06. The van der Waals surface area contributed by atoms with Gasteiger partial charge in [0.25, 0.3) is 5.91 Å². The number of aromatic nitrogens is 2. The van der Waals surface area contributed by atoms with E-state index in [2.05, 4.69) is 10.3 Å². The van der Waals surface area contributed by atoms with E-state index in [-0.39, 0.29) is 5.91 Å². The highest BCUT2D eigenvalue weighted by atomic mass is 35.5. The first-order valence-electron chi connectivity index (χ1n) is 7.65. The van der Waals surface area contributed by atoms with Gasteiger partial charge in [-0.15, -0.1) is 0 Å². The maximum absolute atomic E-state index is 12.9. The van der Waals surface area contributed by atoms with Crippen LogP contribution in [0.2, 0.25) is 10.0 Å². The van der Waals surface area contributed by atoms with Crippen molar-refractivity contribution in [2.75, 3.05) is 5.32 Å². The number of halogens is 2. The lowest BCUT2D eigenvalue weighted by atomic mass is 10.1. The molecule has 0 bridgehead atoms. The van der Waals surface area contributed by atoms with E-state index in [4.69, 9.17) is 23.2 Å². The molecule has 2 heterocycles. The van der Waals surface area contributed by atoms with Crippen LogP contribution in [0.1, 0.15) is 34.2 Å². The topological polar surface area (TPSA) is 46.4 Å². The van der Waals surface area contributed by atoms with Gasteiger partial charge in [0, 0.05) is 17.3 Å². The van der Waals surface area contributed by atoms with Gasteiger partial charge in [-0.1, -0.05) is 36.2 Å². The highest BCUT2D eigenvalue weighted by Gasteiger charge is 2.20. The van der Waals surface area contributed by atoms with Crippen LogP contribution in [0.3, 0.4) is 0 Å². The van der Waals surface area contributed by atoms with Gasteiger partial charge in [0.1, 0.15) is 11.3 Å². The summed E-state index contributed by atoms with van der Waals surface area (Å²) in [6, 6.07) is 7.29. The Bertz CT molecular complexity index is 924. The number of rotatable bonds is 3. The zero-order valence-electron chi connectivity index (χ0n) is 13.7. The number of anilines is 1. The minimum absolute atomic E-state index is 0.240. The number of imidazole rings is 1. The summed E-state index contributed by atoms with van der Waals surface area (Å²) in [4.78, 5) is 17.4. The van der Waals surface area contributed by atoms with Crippen molar-refractivity contribution < 1.29 is 4.79 Å². The maximum atomic E-state index is 12.9. The summed E-state index contributed by atoms with van der Waals surface area (Å²) in [6.45, 7) is 5.85. The summed E-state index contributed by atoms with van der Waals surface area (Å²) in [5.74, 6) is -0.240. The Hall–Kier alpha value is -2.04. The Kier molecular flexibility index (Phi) is 4.52. The molecule has 3 rings (SSSR count). The molecule has 1 N–H and O–H groups in total. The Labute approximate surface area is 150 Å². The molecular weight excluding hydrogens is 345 g/mol. The predicted molar refractivity (Wildman–Crippen MR) is 98.5 cm³/mol. The van der Waals surface area contributed by atoms with Gasteiger partial charge in [-0.05, 0) is 43.5 Å². The molecule has 0 spiro atoms. The van der Waals surface area contributed by atoms with Crippen molar-refractivity contribution in [3.63, 3.8) is 0 Å². The molecule has 0 radical (unpaired) electrons. The van der Waals surface area contributed by atoms with Crippen LogP contribution in [0.15, 0.2) is 30.5 Å². The third kappa shape index (κ3) is 2.99. The number of nitrogens with zero attached hydrogens (tertiary/aromatic N) is 2. The van der Waals surface area contributed by atoms with Crippen LogP contribution in [-0.2, 0) is 6.42 Å². The van der Waals surface area contributed by atoms with E-state index in [1.165, 1.54) is 0 Å². The summed E-state index contributed by atoms with van der Waals surface area (Å²) < 4.78 is 1.75. The van der Waals surface area contributed by atoms with E-state index in [0.717, 1.165) is 16.8 Å². The minimum atomic E-state index is -0.240. The summed E-state index contributed by atoms with van der Waals surface area (Å²) in [7, 11) is 0. The summed E-state index contributed by atoms with van der Waals surface area (Å²) in [5, 5.41) is 4.03. The number of aryl methyl sites for hydroxylation is 3. The highest BCUT2D eigenvalue weighted by Crippen LogP contribution is 2.28. The van der Waals surface area contributed by atoms with E-state index in [0.29, 0.717) is 33.5 Å². The molecule has 4 nitrogen and oxygen atoms in total. The van der Waals surface area contributed by atoms with Gasteiger partial charge in [-0.3, -0.25) is 9.20 Å². The lowest BCUT2D eigenvalue weighted by Gasteiger charge is -2.12. The fraction of sp³-hybridized carbons (Fsp3) is 0.222. The smallest absolute Gasteiger partial charge is 0.274 e. The van der Waals surface area contributed by atoms with Gasteiger partial charge in [-0.2, -0.15) is 0 Å². The predicted octanol–water partition coefficient (Wildman–Crippen LogP) is 5.07. The summed E-state index contributed by atoms with van der Waals surface area (Å²) >= 11 is 12.3. The largest absolute Gasteiger partial charge is 0.319 e. The quantitative estimate of drug-likeness (QED) is 0.707. The van der Waals surface area contributed by atoms with Crippen molar-refractivity contribution >= 4 is 40.4 Å². The second-order valence-corrected chi connectivity index (χ2v) is 6.57. The number of carbonyl (C=O) groups excluding carboxylic acids is 1. The first kappa shape index (κ1) is 16.8. The Morgan fingerprint density at radius 2 is 2.00 bits per heavy atom. The second-order valence-electron chi connectivity index (χ2n) is 5.73. The van der Waals surface area contributed by atoms with Crippen LogP contribution in [0.4, 0.5) is 5.69 Å². The van der Waals surface area contributed by atoms with E-state index in [1.54, 1.807) is 22.7 Å². The molecule has 24 heavy (non-hydrogen) atoms. The molecule has 0 aliphatic carbocycles. The number of carbonyl (C=O) groups is 1. The van der Waals surface area contributed by atoms with Crippen molar-refractivity contribution in [3.05, 3.63) is 63.0 Å². The van der Waals surface area contributed by atoms with Crippen molar-refractivity contribution in [1.82, 2.24) is 9.38 Å². The molecular formula is C18H17Cl2N3O. The zero-order chi connectivity index (χ0) is 17.4. The molecule has 0 atom stereocenters. The average Bonchev–Trinajstić information content (AvgIpc) is 2.88. The van der Waals surface area contributed by atoms with Crippen LogP contribution in [0.5, 0.6) is 0 Å². The molecule has 1 amide bonds. The fourth-order valence-corrected chi connectivity index (χ4v) is 3.32. The lowest BCUT2D eigenvalue weighted by Crippen LogP contribution is -2.17. The number of amides is 1. The van der Waals surface area contributed by atoms with Crippen molar-refractivity contribution in [2.45, 2.75) is 27.2 Å². The van der Waals surface area contributed by atoms with Crippen LogP contribution in [0.25, 0.3) is 5.65 Å². The normalized spacial score (nSPS) is 11.0. The van der Waals surface area contributed by atoms with Crippen molar-refractivity contribution in [1.29, 1.82) is 0 Å². The van der Waals surface area contributed by atoms with Crippen LogP contribution in [-0.4, -0.2) is 15.3 Å². The number of hydrogen-bond donors (Lipinski definition) is 1. The summed E-state index contributed by atoms with van der Waals surface area (Å²) in [6.07, 6.45) is 2.39. The van der Waals surface area contributed by atoms with Gasteiger partial charge in [0.2, 0.25) is 0 Å². The van der Waals surface area contributed by atoms with Gasteiger partial charge >= 0.3 is 0 Å². The molecule has 6 heteroatoms. The standard InChI is InChI=1S/C18H17Cl2N3O/c1-4-14-17(23-6-5-12(19)9-15(23)21-14)18(24)22-16-11(3)7-10(2)8-13(16)20/h5-9H,4H2,1-3H3,(H,22,24). The van der Waals surface area contributed by atoms with Crippen molar-refractivity contribution in [3.8, 4) is 0 Å². The molecule has 124 valence electrons. The molecule has 3 aromatic rings. The molecule has 0 saturated heterocycles. The second kappa shape index (κ2) is 6.46. The summed E-state index contributed by atoms with van der Waals surface area (Å²) in [5.41, 5.74) is 4.46. The fourth-order valence-electron chi connectivity index (χ4n) is 2.80. The van der Waals surface area contributed by atoms with Crippen molar-refractivity contribution in [2.24, 2.45) is 0 Å². The first-order valence-corrected chi connectivity index (χ1v) is 8.41. The molecule has 0 aliphatic heterocycles. The SMILES string of the molecule is CCc1nc2cc(Cl)ccn2c1C(=O)Nc1c(C)cc(C)cc1Cl. The average molecular weight is 362 g/mol. The van der Waals surface area contributed by atoms with Crippen LogP contribution >= 0.6 is 23.2 Å². The van der Waals surface area contributed by atoms with Gasteiger partial charge in [0.05, 0.1) is 16.4 Å². The van der Waals surface area contributed by atoms with E-state index in [9.17, 15) is 4.79 Å². The Morgan fingerprint density at radius 1 is 1.25 bits per heavy atom. The third-order valence-corrected chi connectivity index (χ3v) is 4.41. The number of nitrogens with one attached hydrogen (secondary N) is 1.